The summed E-state index contributed by atoms with van der Waals surface area (Å²) >= 11 is 0.167. The largest absolute Gasteiger partial charge is 0.311 e. The van der Waals surface area contributed by atoms with Gasteiger partial charge in [0.2, 0.25) is 0 Å². The molecule has 2 aromatic rings. The van der Waals surface area contributed by atoms with Crippen LogP contribution in [-0.4, -0.2) is 0 Å². The van der Waals surface area contributed by atoms with Gasteiger partial charge in [-0.15, -0.1) is 0 Å². The minimum atomic E-state index is -0.968. The molecule has 0 fully saturated rings. The van der Waals surface area contributed by atoms with Gasteiger partial charge in [-0.3, -0.25) is 0 Å². The Labute approximate surface area is 92.8 Å². The standard InChI is InChI=1S/C12H12FNS/c1-12(14,15-13)11-7-6-9-4-2-3-5-10(9)8-11/h2-8H,14H2,1H3. The molecule has 0 bridgehead atoms. The second-order valence-electron chi connectivity index (χ2n) is 3.75. The lowest BCUT2D eigenvalue weighted by atomic mass is 10.0. The van der Waals surface area contributed by atoms with E-state index in [1.54, 1.807) is 6.92 Å². The van der Waals surface area contributed by atoms with E-state index in [0.717, 1.165) is 16.3 Å². The summed E-state index contributed by atoms with van der Waals surface area (Å²) in [6, 6.07) is 13.7. The fraction of sp³-hybridized carbons (Fsp3) is 0.167. The van der Waals surface area contributed by atoms with Gasteiger partial charge in [0.15, 0.2) is 0 Å². The summed E-state index contributed by atoms with van der Waals surface area (Å²) in [6.07, 6.45) is 0. The Morgan fingerprint density at radius 3 is 2.47 bits per heavy atom. The van der Waals surface area contributed by atoms with Crippen molar-refractivity contribution in [3.63, 3.8) is 0 Å². The molecule has 1 unspecified atom stereocenters. The lowest BCUT2D eigenvalue weighted by Crippen LogP contribution is -2.27. The highest BCUT2D eigenvalue weighted by Gasteiger charge is 2.22. The Hall–Kier alpha value is -1.06. The summed E-state index contributed by atoms with van der Waals surface area (Å²) in [4.78, 5) is -0.968. The molecular formula is C12H12FNS. The van der Waals surface area contributed by atoms with E-state index in [1.807, 2.05) is 42.5 Å². The van der Waals surface area contributed by atoms with Crippen molar-refractivity contribution in [2.75, 3.05) is 0 Å². The maximum atomic E-state index is 12.6. The van der Waals surface area contributed by atoms with Gasteiger partial charge in [-0.1, -0.05) is 36.4 Å². The maximum Gasteiger partial charge on any atom is 0.116 e. The molecule has 0 aliphatic carbocycles. The number of hydrogen-bond donors (Lipinski definition) is 1. The van der Waals surface area contributed by atoms with Gasteiger partial charge in [0.05, 0.1) is 12.1 Å². The molecule has 0 radical (unpaired) electrons. The molecule has 0 amide bonds. The number of hydrogen-bond acceptors (Lipinski definition) is 2. The van der Waals surface area contributed by atoms with Crippen LogP contribution in [0.4, 0.5) is 3.89 Å². The van der Waals surface area contributed by atoms with Crippen LogP contribution in [0, 0.1) is 0 Å². The van der Waals surface area contributed by atoms with Gasteiger partial charge < -0.3 is 5.73 Å². The summed E-state index contributed by atoms with van der Waals surface area (Å²) in [5, 5.41) is 2.22. The second-order valence-corrected chi connectivity index (χ2v) is 4.75. The molecule has 2 rings (SSSR count). The predicted molar refractivity (Wildman–Crippen MR) is 64.2 cm³/mol. The first-order valence-corrected chi connectivity index (χ1v) is 5.43. The van der Waals surface area contributed by atoms with Crippen LogP contribution in [0.5, 0.6) is 0 Å². The predicted octanol–water partition coefficient (Wildman–Crippen LogP) is 3.59. The van der Waals surface area contributed by atoms with Crippen molar-refractivity contribution in [3.8, 4) is 0 Å². The van der Waals surface area contributed by atoms with Gasteiger partial charge >= 0.3 is 0 Å². The molecule has 0 saturated carbocycles. The smallest absolute Gasteiger partial charge is 0.116 e. The average Bonchev–Trinajstić information content (AvgIpc) is 2.28. The van der Waals surface area contributed by atoms with Crippen molar-refractivity contribution >= 4 is 22.9 Å². The van der Waals surface area contributed by atoms with E-state index in [-0.39, 0.29) is 12.1 Å². The minimum absolute atomic E-state index is 0.167. The molecule has 0 saturated heterocycles. The molecule has 0 aliphatic rings. The molecule has 15 heavy (non-hydrogen) atoms. The molecule has 2 aromatic carbocycles. The van der Waals surface area contributed by atoms with Crippen LogP contribution in [0.15, 0.2) is 42.5 Å². The van der Waals surface area contributed by atoms with Crippen molar-refractivity contribution in [1.29, 1.82) is 0 Å². The lowest BCUT2D eigenvalue weighted by Gasteiger charge is -2.19. The summed E-state index contributed by atoms with van der Waals surface area (Å²) in [5.41, 5.74) is 6.62. The molecular weight excluding hydrogens is 209 g/mol. The van der Waals surface area contributed by atoms with Crippen LogP contribution >= 0.6 is 12.1 Å². The number of benzene rings is 2. The summed E-state index contributed by atoms with van der Waals surface area (Å²) < 4.78 is 12.6. The van der Waals surface area contributed by atoms with Crippen molar-refractivity contribution in [2.45, 2.75) is 11.8 Å². The number of nitrogens with two attached hydrogens (primary N) is 1. The van der Waals surface area contributed by atoms with E-state index in [9.17, 15) is 3.89 Å². The van der Waals surface area contributed by atoms with Crippen LogP contribution < -0.4 is 5.73 Å². The summed E-state index contributed by atoms with van der Waals surface area (Å²) in [7, 11) is 0. The van der Waals surface area contributed by atoms with Crippen LogP contribution in [0.3, 0.4) is 0 Å². The zero-order valence-electron chi connectivity index (χ0n) is 8.41. The third-order valence-electron chi connectivity index (χ3n) is 2.48. The highest BCUT2D eigenvalue weighted by molar-refractivity contribution is 7.95. The second kappa shape index (κ2) is 3.83. The molecule has 0 spiro atoms. The van der Waals surface area contributed by atoms with Gasteiger partial charge in [-0.2, -0.15) is 3.89 Å². The molecule has 2 N–H and O–H groups in total. The molecule has 0 aromatic heterocycles. The topological polar surface area (TPSA) is 26.0 Å². The molecule has 78 valence electrons. The monoisotopic (exact) mass is 221 g/mol. The van der Waals surface area contributed by atoms with Gasteiger partial charge in [0.25, 0.3) is 0 Å². The Balaban J connectivity index is 2.56. The Bertz CT molecular complexity index is 482. The SMILES string of the molecule is CC(N)(SF)c1ccc2ccccc2c1. The van der Waals surface area contributed by atoms with Gasteiger partial charge in [0.1, 0.15) is 4.87 Å². The average molecular weight is 221 g/mol. The summed E-state index contributed by atoms with van der Waals surface area (Å²) in [5.74, 6) is 0. The van der Waals surface area contributed by atoms with Crippen LogP contribution in [0.25, 0.3) is 10.8 Å². The maximum absolute atomic E-state index is 12.6. The zero-order chi connectivity index (χ0) is 10.9. The van der Waals surface area contributed by atoms with Gasteiger partial charge in [-0.25, -0.2) is 0 Å². The van der Waals surface area contributed by atoms with Crippen LogP contribution in [0.2, 0.25) is 0 Å². The molecule has 0 aliphatic heterocycles. The Morgan fingerprint density at radius 2 is 1.80 bits per heavy atom. The zero-order valence-corrected chi connectivity index (χ0v) is 9.22. The van der Waals surface area contributed by atoms with Crippen molar-refractivity contribution in [1.82, 2.24) is 0 Å². The van der Waals surface area contributed by atoms with E-state index in [2.05, 4.69) is 0 Å². The fourth-order valence-electron chi connectivity index (χ4n) is 1.54. The molecule has 1 nitrogen and oxygen atoms in total. The molecule has 0 heterocycles. The van der Waals surface area contributed by atoms with E-state index in [0.29, 0.717) is 0 Å². The normalized spacial score (nSPS) is 15.1. The van der Waals surface area contributed by atoms with Gasteiger partial charge in [-0.05, 0) is 29.3 Å². The van der Waals surface area contributed by atoms with E-state index in [4.69, 9.17) is 5.73 Å². The quantitative estimate of drug-likeness (QED) is 0.784. The highest BCUT2D eigenvalue weighted by atomic mass is 32.2. The number of halogens is 1. The van der Waals surface area contributed by atoms with Crippen molar-refractivity contribution < 1.29 is 3.89 Å². The van der Waals surface area contributed by atoms with Crippen molar-refractivity contribution in [3.05, 3.63) is 48.0 Å². The number of rotatable bonds is 2. The minimum Gasteiger partial charge on any atom is -0.311 e. The fourth-order valence-corrected chi connectivity index (χ4v) is 1.76. The van der Waals surface area contributed by atoms with E-state index in [1.165, 1.54) is 0 Å². The third kappa shape index (κ3) is 1.98. The first-order chi connectivity index (χ1) is 7.13. The summed E-state index contributed by atoms with van der Waals surface area (Å²) in [6.45, 7) is 1.67. The van der Waals surface area contributed by atoms with Crippen LogP contribution in [0.1, 0.15) is 12.5 Å². The third-order valence-corrected chi connectivity index (χ3v) is 3.04. The van der Waals surface area contributed by atoms with E-state index < -0.39 is 4.87 Å². The molecule has 3 heteroatoms. The Kier molecular flexibility index (Phi) is 2.67. The first kappa shape index (κ1) is 10.5. The first-order valence-electron chi connectivity index (χ1n) is 4.71. The molecule has 1 atom stereocenters. The Morgan fingerprint density at radius 1 is 1.13 bits per heavy atom. The van der Waals surface area contributed by atoms with Gasteiger partial charge in [0, 0.05) is 0 Å². The number of fused-ring (bicyclic) bond motifs is 1. The van der Waals surface area contributed by atoms with Crippen LogP contribution in [-0.2, 0) is 4.87 Å². The van der Waals surface area contributed by atoms with E-state index >= 15 is 0 Å². The highest BCUT2D eigenvalue weighted by Crippen LogP contribution is 2.32. The van der Waals surface area contributed by atoms with Crippen molar-refractivity contribution in [2.24, 2.45) is 5.73 Å². The lowest BCUT2D eigenvalue weighted by molar-refractivity contribution is 0.706.